The second-order valence-corrected chi connectivity index (χ2v) is 3.96. The van der Waals surface area contributed by atoms with Gasteiger partial charge in [0.15, 0.2) is 5.58 Å². The molecule has 0 aliphatic rings. The van der Waals surface area contributed by atoms with Gasteiger partial charge in [-0.2, -0.15) is 0 Å². The van der Waals surface area contributed by atoms with Gasteiger partial charge >= 0.3 is 5.97 Å². The average molecular weight is 235 g/mol. The van der Waals surface area contributed by atoms with Crippen LogP contribution >= 0.6 is 0 Å². The lowest BCUT2D eigenvalue weighted by Crippen LogP contribution is -2.02. The van der Waals surface area contributed by atoms with E-state index in [-0.39, 0.29) is 18.3 Å². The third-order valence-corrected chi connectivity index (χ3v) is 2.22. The lowest BCUT2D eigenvalue weighted by molar-refractivity contribution is 0.0526. The first-order valence-electron chi connectivity index (χ1n) is 5.30. The Morgan fingerprint density at radius 3 is 2.94 bits per heavy atom. The van der Waals surface area contributed by atoms with Crippen LogP contribution in [0.5, 0.6) is 0 Å². The Bertz CT molecular complexity index is 544. The molecule has 0 fully saturated rings. The van der Waals surface area contributed by atoms with Crippen molar-refractivity contribution in [3.8, 4) is 0 Å². The Morgan fingerprint density at radius 1 is 1.53 bits per heavy atom. The van der Waals surface area contributed by atoms with Crippen LogP contribution in [-0.2, 0) is 11.3 Å². The molecule has 1 N–H and O–H groups in total. The monoisotopic (exact) mass is 235 g/mol. The number of carboxylic acid groups (broad SMARTS) is 1. The Kier molecular flexibility index (Phi) is 3.10. The minimum Gasteiger partial charge on any atom is -0.478 e. The molecule has 0 atom stereocenters. The van der Waals surface area contributed by atoms with Crippen LogP contribution in [0.25, 0.3) is 11.1 Å². The van der Waals surface area contributed by atoms with Crippen LogP contribution in [0.1, 0.15) is 30.1 Å². The molecule has 5 heteroatoms. The lowest BCUT2D eigenvalue weighted by Gasteiger charge is -2.02. The summed E-state index contributed by atoms with van der Waals surface area (Å²) in [6.45, 7) is 4.13. The van der Waals surface area contributed by atoms with E-state index in [2.05, 4.69) is 4.98 Å². The first-order chi connectivity index (χ1) is 8.06. The molecule has 0 amide bonds. The minimum absolute atomic E-state index is 0.0968. The van der Waals surface area contributed by atoms with Crippen LogP contribution in [0.15, 0.2) is 22.6 Å². The molecular weight excluding hydrogens is 222 g/mol. The summed E-state index contributed by atoms with van der Waals surface area (Å²) < 4.78 is 10.8. The Hall–Kier alpha value is -1.88. The highest BCUT2D eigenvalue weighted by Gasteiger charge is 2.10. The van der Waals surface area contributed by atoms with Gasteiger partial charge in [0.2, 0.25) is 5.89 Å². The maximum Gasteiger partial charge on any atom is 0.335 e. The van der Waals surface area contributed by atoms with Gasteiger partial charge in [0.05, 0.1) is 11.7 Å². The van der Waals surface area contributed by atoms with Crippen molar-refractivity contribution < 1.29 is 19.1 Å². The smallest absolute Gasteiger partial charge is 0.335 e. The van der Waals surface area contributed by atoms with Gasteiger partial charge in [0.25, 0.3) is 0 Å². The topological polar surface area (TPSA) is 72.6 Å². The van der Waals surface area contributed by atoms with Gasteiger partial charge in [-0.15, -0.1) is 0 Å². The van der Waals surface area contributed by atoms with Crippen molar-refractivity contribution in [2.45, 2.75) is 26.6 Å². The SMILES string of the molecule is CC(C)OCc1nc2cc(C(=O)O)ccc2o1. The minimum atomic E-state index is -0.977. The number of carbonyl (C=O) groups is 1. The summed E-state index contributed by atoms with van der Waals surface area (Å²) in [5.74, 6) is -0.522. The molecule has 0 unspecified atom stereocenters. The van der Waals surface area contributed by atoms with Gasteiger partial charge in [-0.3, -0.25) is 0 Å². The molecule has 0 radical (unpaired) electrons. The number of hydrogen-bond acceptors (Lipinski definition) is 4. The standard InChI is InChI=1S/C12H13NO4/c1-7(2)16-6-11-13-9-5-8(12(14)15)3-4-10(9)17-11/h3-5,7H,6H2,1-2H3,(H,14,15). The molecule has 5 nitrogen and oxygen atoms in total. The molecule has 0 saturated carbocycles. The van der Waals surface area contributed by atoms with Crippen LogP contribution < -0.4 is 0 Å². The molecule has 1 aromatic carbocycles. The molecule has 1 heterocycles. The molecule has 0 bridgehead atoms. The zero-order chi connectivity index (χ0) is 12.4. The van der Waals surface area contributed by atoms with Crippen LogP contribution in [-0.4, -0.2) is 22.2 Å². The van der Waals surface area contributed by atoms with Crippen LogP contribution in [0.4, 0.5) is 0 Å². The molecule has 90 valence electrons. The van der Waals surface area contributed by atoms with Crippen molar-refractivity contribution >= 4 is 17.1 Å². The number of ether oxygens (including phenoxy) is 1. The van der Waals surface area contributed by atoms with Crippen molar-refractivity contribution in [3.05, 3.63) is 29.7 Å². The van der Waals surface area contributed by atoms with E-state index >= 15 is 0 Å². The van der Waals surface area contributed by atoms with Crippen molar-refractivity contribution in [2.75, 3.05) is 0 Å². The number of carboxylic acids is 1. The summed E-state index contributed by atoms with van der Waals surface area (Å²) in [7, 11) is 0. The number of nitrogens with zero attached hydrogens (tertiary/aromatic N) is 1. The second kappa shape index (κ2) is 4.55. The summed E-state index contributed by atoms with van der Waals surface area (Å²) in [5.41, 5.74) is 1.30. The van der Waals surface area contributed by atoms with Gasteiger partial charge in [0.1, 0.15) is 12.1 Å². The fourth-order valence-electron chi connectivity index (χ4n) is 1.41. The Morgan fingerprint density at radius 2 is 2.29 bits per heavy atom. The fourth-order valence-corrected chi connectivity index (χ4v) is 1.41. The first-order valence-corrected chi connectivity index (χ1v) is 5.30. The van der Waals surface area contributed by atoms with Crippen LogP contribution in [0, 0.1) is 0 Å². The van der Waals surface area contributed by atoms with E-state index in [0.29, 0.717) is 17.0 Å². The lowest BCUT2D eigenvalue weighted by atomic mass is 10.2. The van der Waals surface area contributed by atoms with Crippen LogP contribution in [0.3, 0.4) is 0 Å². The van der Waals surface area contributed by atoms with Crippen molar-refractivity contribution in [1.29, 1.82) is 0 Å². The normalized spacial score (nSPS) is 11.2. The number of rotatable bonds is 4. The molecular formula is C12H13NO4. The Balaban J connectivity index is 2.27. The summed E-state index contributed by atoms with van der Waals surface area (Å²) in [4.78, 5) is 15.0. The average Bonchev–Trinajstić information content (AvgIpc) is 2.67. The van der Waals surface area contributed by atoms with E-state index in [1.54, 1.807) is 6.07 Å². The Labute approximate surface area is 98.0 Å². The van der Waals surface area contributed by atoms with Gasteiger partial charge in [0, 0.05) is 0 Å². The van der Waals surface area contributed by atoms with Crippen molar-refractivity contribution in [1.82, 2.24) is 4.98 Å². The zero-order valence-electron chi connectivity index (χ0n) is 9.64. The molecule has 0 aliphatic heterocycles. The second-order valence-electron chi connectivity index (χ2n) is 3.96. The van der Waals surface area contributed by atoms with Gasteiger partial charge in [-0.25, -0.2) is 9.78 Å². The summed E-state index contributed by atoms with van der Waals surface area (Å²) in [6, 6.07) is 4.58. The van der Waals surface area contributed by atoms with Crippen molar-refractivity contribution in [3.63, 3.8) is 0 Å². The molecule has 2 rings (SSSR count). The number of benzene rings is 1. The van der Waals surface area contributed by atoms with Gasteiger partial charge in [-0.05, 0) is 32.0 Å². The third kappa shape index (κ3) is 2.62. The third-order valence-electron chi connectivity index (χ3n) is 2.22. The highest BCUT2D eigenvalue weighted by atomic mass is 16.5. The quantitative estimate of drug-likeness (QED) is 0.881. The van der Waals surface area contributed by atoms with E-state index in [9.17, 15) is 4.79 Å². The fraction of sp³-hybridized carbons (Fsp3) is 0.333. The highest BCUT2D eigenvalue weighted by Crippen LogP contribution is 2.18. The zero-order valence-corrected chi connectivity index (χ0v) is 9.64. The summed E-state index contributed by atoms with van der Waals surface area (Å²) >= 11 is 0. The molecule has 17 heavy (non-hydrogen) atoms. The molecule has 1 aromatic heterocycles. The number of aromatic nitrogens is 1. The summed E-state index contributed by atoms with van der Waals surface area (Å²) in [5, 5.41) is 8.84. The maximum absolute atomic E-state index is 10.8. The van der Waals surface area contributed by atoms with Crippen molar-refractivity contribution in [2.24, 2.45) is 0 Å². The highest BCUT2D eigenvalue weighted by molar-refractivity contribution is 5.91. The number of hydrogen-bond donors (Lipinski definition) is 1. The maximum atomic E-state index is 10.8. The van der Waals surface area contributed by atoms with E-state index in [1.807, 2.05) is 13.8 Å². The number of aromatic carboxylic acids is 1. The van der Waals surface area contributed by atoms with E-state index in [1.165, 1.54) is 12.1 Å². The molecule has 0 spiro atoms. The molecule has 2 aromatic rings. The predicted octanol–water partition coefficient (Wildman–Crippen LogP) is 2.45. The molecule has 0 saturated heterocycles. The van der Waals surface area contributed by atoms with Crippen LogP contribution in [0.2, 0.25) is 0 Å². The largest absolute Gasteiger partial charge is 0.478 e. The van der Waals surface area contributed by atoms with Gasteiger partial charge < -0.3 is 14.3 Å². The number of fused-ring (bicyclic) bond motifs is 1. The predicted molar refractivity (Wildman–Crippen MR) is 60.9 cm³/mol. The molecule has 0 aliphatic carbocycles. The summed E-state index contributed by atoms with van der Waals surface area (Å²) in [6.07, 6.45) is 0.0968. The van der Waals surface area contributed by atoms with E-state index in [4.69, 9.17) is 14.3 Å². The van der Waals surface area contributed by atoms with Gasteiger partial charge in [-0.1, -0.05) is 0 Å². The van der Waals surface area contributed by atoms with E-state index < -0.39 is 5.97 Å². The number of oxazole rings is 1. The first kappa shape index (κ1) is 11.6. The van der Waals surface area contributed by atoms with E-state index in [0.717, 1.165) is 0 Å².